The third-order valence-corrected chi connectivity index (χ3v) is 4.82. The lowest BCUT2D eigenvalue weighted by molar-refractivity contribution is 0.577. The second kappa shape index (κ2) is 5.03. The van der Waals surface area contributed by atoms with Crippen molar-refractivity contribution in [3.63, 3.8) is 0 Å². The van der Waals surface area contributed by atoms with Crippen molar-refractivity contribution in [1.82, 2.24) is 9.29 Å². The van der Waals surface area contributed by atoms with Crippen LogP contribution in [0, 0.1) is 5.92 Å². The van der Waals surface area contributed by atoms with E-state index in [1.54, 1.807) is 12.3 Å². The highest BCUT2D eigenvalue weighted by molar-refractivity contribution is 7.89. The Kier molecular flexibility index (Phi) is 3.79. The Morgan fingerprint density at radius 3 is 2.72 bits per heavy atom. The SMILES string of the molecule is CCCn1cc(S(=O)(=O)NC2CC2C)cc1CN. The maximum atomic E-state index is 12.1. The van der Waals surface area contributed by atoms with Crippen LogP contribution in [0.15, 0.2) is 17.2 Å². The van der Waals surface area contributed by atoms with Gasteiger partial charge in [-0.3, -0.25) is 0 Å². The molecule has 1 aromatic rings. The van der Waals surface area contributed by atoms with Gasteiger partial charge in [0.2, 0.25) is 10.0 Å². The number of hydrogen-bond acceptors (Lipinski definition) is 3. The fourth-order valence-corrected chi connectivity index (χ4v) is 3.47. The van der Waals surface area contributed by atoms with Gasteiger partial charge in [-0.1, -0.05) is 13.8 Å². The van der Waals surface area contributed by atoms with Gasteiger partial charge in [-0.25, -0.2) is 13.1 Å². The summed E-state index contributed by atoms with van der Waals surface area (Å²) in [6, 6.07) is 1.77. The fourth-order valence-electron chi connectivity index (χ4n) is 2.05. The van der Waals surface area contributed by atoms with Gasteiger partial charge >= 0.3 is 0 Å². The first kappa shape index (κ1) is 13.6. The van der Waals surface area contributed by atoms with Gasteiger partial charge < -0.3 is 10.3 Å². The number of nitrogens with zero attached hydrogens (tertiary/aromatic N) is 1. The minimum atomic E-state index is -3.39. The monoisotopic (exact) mass is 271 g/mol. The van der Waals surface area contributed by atoms with Crippen LogP contribution in [0.25, 0.3) is 0 Å². The summed E-state index contributed by atoms with van der Waals surface area (Å²) < 4.78 is 28.9. The molecule has 5 nitrogen and oxygen atoms in total. The predicted molar refractivity (Wildman–Crippen MR) is 70.5 cm³/mol. The third kappa shape index (κ3) is 2.76. The number of hydrogen-bond donors (Lipinski definition) is 2. The molecule has 1 aliphatic carbocycles. The van der Waals surface area contributed by atoms with E-state index in [-0.39, 0.29) is 6.04 Å². The molecule has 0 radical (unpaired) electrons. The first-order chi connectivity index (χ1) is 8.47. The lowest BCUT2D eigenvalue weighted by Crippen LogP contribution is -2.26. The molecule has 3 N–H and O–H groups in total. The van der Waals surface area contributed by atoms with Gasteiger partial charge in [0.1, 0.15) is 0 Å². The normalized spacial score (nSPS) is 23.3. The van der Waals surface area contributed by atoms with E-state index in [2.05, 4.69) is 11.6 Å². The summed E-state index contributed by atoms with van der Waals surface area (Å²) in [5, 5.41) is 0. The van der Waals surface area contributed by atoms with Crippen molar-refractivity contribution in [2.24, 2.45) is 11.7 Å². The Balaban J connectivity index is 2.21. The van der Waals surface area contributed by atoms with Crippen LogP contribution in [-0.2, 0) is 23.1 Å². The molecule has 1 fully saturated rings. The molecule has 2 rings (SSSR count). The van der Waals surface area contributed by atoms with Crippen LogP contribution in [0.3, 0.4) is 0 Å². The van der Waals surface area contributed by atoms with E-state index in [0.29, 0.717) is 17.4 Å². The van der Waals surface area contributed by atoms with E-state index in [1.165, 1.54) is 0 Å². The van der Waals surface area contributed by atoms with Crippen LogP contribution in [0.4, 0.5) is 0 Å². The lowest BCUT2D eigenvalue weighted by Gasteiger charge is -2.04. The highest BCUT2D eigenvalue weighted by Crippen LogP contribution is 2.30. The van der Waals surface area contributed by atoms with Crippen molar-refractivity contribution in [3.8, 4) is 0 Å². The summed E-state index contributed by atoms with van der Waals surface area (Å²) in [4.78, 5) is 0.329. The summed E-state index contributed by atoms with van der Waals surface area (Å²) in [6.45, 7) is 5.25. The highest BCUT2D eigenvalue weighted by atomic mass is 32.2. The molecule has 1 aliphatic rings. The Bertz CT molecular complexity index is 521. The van der Waals surface area contributed by atoms with Crippen molar-refractivity contribution >= 4 is 10.0 Å². The van der Waals surface area contributed by atoms with Gasteiger partial charge in [0, 0.05) is 31.0 Å². The summed E-state index contributed by atoms with van der Waals surface area (Å²) in [5.74, 6) is 0.450. The van der Waals surface area contributed by atoms with Crippen LogP contribution >= 0.6 is 0 Å². The molecule has 0 bridgehead atoms. The molecule has 1 saturated carbocycles. The van der Waals surface area contributed by atoms with E-state index in [4.69, 9.17) is 5.73 Å². The van der Waals surface area contributed by atoms with E-state index in [9.17, 15) is 8.42 Å². The average Bonchev–Trinajstić information content (AvgIpc) is 2.82. The largest absolute Gasteiger partial charge is 0.349 e. The first-order valence-electron chi connectivity index (χ1n) is 6.39. The van der Waals surface area contributed by atoms with Crippen molar-refractivity contribution in [1.29, 1.82) is 0 Å². The molecular weight excluding hydrogens is 250 g/mol. The predicted octanol–water partition coefficient (Wildman–Crippen LogP) is 1.04. The van der Waals surface area contributed by atoms with Crippen molar-refractivity contribution < 1.29 is 8.42 Å². The molecule has 0 aromatic carbocycles. The molecule has 1 aromatic heterocycles. The molecule has 102 valence electrons. The molecule has 1 heterocycles. The Hall–Kier alpha value is -0.850. The first-order valence-corrected chi connectivity index (χ1v) is 7.87. The smallest absolute Gasteiger partial charge is 0.242 e. The van der Waals surface area contributed by atoms with Gasteiger partial charge in [-0.2, -0.15) is 0 Å². The molecule has 0 saturated heterocycles. The molecule has 0 aliphatic heterocycles. The van der Waals surface area contributed by atoms with Crippen LogP contribution in [-0.4, -0.2) is 19.0 Å². The maximum absolute atomic E-state index is 12.1. The topological polar surface area (TPSA) is 77.1 Å². The highest BCUT2D eigenvalue weighted by Gasteiger charge is 2.36. The lowest BCUT2D eigenvalue weighted by atomic mass is 10.4. The summed E-state index contributed by atoms with van der Waals surface area (Å²) in [6.07, 6.45) is 3.56. The Labute approximate surface area is 108 Å². The van der Waals surface area contributed by atoms with Gasteiger partial charge in [-0.05, 0) is 24.8 Å². The molecule has 2 atom stereocenters. The fraction of sp³-hybridized carbons (Fsp3) is 0.667. The molecule has 2 unspecified atom stereocenters. The number of nitrogens with two attached hydrogens (primary N) is 1. The summed E-state index contributed by atoms with van der Waals surface area (Å²) in [7, 11) is -3.39. The molecule has 18 heavy (non-hydrogen) atoms. The molecule has 6 heteroatoms. The second-order valence-electron chi connectivity index (χ2n) is 5.01. The molecular formula is C12H21N3O2S. The average molecular weight is 271 g/mol. The number of sulfonamides is 1. The van der Waals surface area contributed by atoms with Crippen LogP contribution in [0.1, 0.15) is 32.4 Å². The van der Waals surface area contributed by atoms with E-state index < -0.39 is 10.0 Å². The second-order valence-corrected chi connectivity index (χ2v) is 6.72. The summed E-state index contributed by atoms with van der Waals surface area (Å²) in [5.41, 5.74) is 6.50. The van der Waals surface area contributed by atoms with Crippen molar-refractivity contribution in [2.45, 2.75) is 50.7 Å². The standard InChI is InChI=1S/C12H21N3O2S/c1-3-4-15-8-11(6-10(15)7-13)18(16,17)14-12-5-9(12)2/h6,8-9,12,14H,3-5,7,13H2,1-2H3. The molecule has 0 amide bonds. The van der Waals surface area contributed by atoms with Gasteiger partial charge in [0.25, 0.3) is 0 Å². The number of aryl methyl sites for hydroxylation is 1. The van der Waals surface area contributed by atoms with E-state index in [1.807, 2.05) is 11.5 Å². The van der Waals surface area contributed by atoms with E-state index in [0.717, 1.165) is 25.1 Å². The third-order valence-electron chi connectivity index (χ3n) is 3.36. The van der Waals surface area contributed by atoms with Crippen molar-refractivity contribution in [2.75, 3.05) is 0 Å². The van der Waals surface area contributed by atoms with E-state index >= 15 is 0 Å². The van der Waals surface area contributed by atoms with Crippen molar-refractivity contribution in [3.05, 3.63) is 18.0 Å². The van der Waals surface area contributed by atoms with Crippen LogP contribution in [0.5, 0.6) is 0 Å². The van der Waals surface area contributed by atoms with Gasteiger partial charge in [-0.15, -0.1) is 0 Å². The minimum absolute atomic E-state index is 0.103. The Morgan fingerprint density at radius 1 is 1.56 bits per heavy atom. The maximum Gasteiger partial charge on any atom is 0.242 e. The zero-order valence-electron chi connectivity index (χ0n) is 10.9. The summed E-state index contributed by atoms with van der Waals surface area (Å²) >= 11 is 0. The number of nitrogens with one attached hydrogen (secondary N) is 1. The quantitative estimate of drug-likeness (QED) is 0.811. The van der Waals surface area contributed by atoms with Crippen LogP contribution in [0.2, 0.25) is 0 Å². The number of aromatic nitrogens is 1. The Morgan fingerprint density at radius 2 is 2.22 bits per heavy atom. The minimum Gasteiger partial charge on any atom is -0.349 e. The molecule has 0 spiro atoms. The van der Waals surface area contributed by atoms with Crippen LogP contribution < -0.4 is 10.5 Å². The van der Waals surface area contributed by atoms with Gasteiger partial charge in [0.15, 0.2) is 0 Å². The number of rotatable bonds is 6. The zero-order valence-corrected chi connectivity index (χ0v) is 11.7. The zero-order chi connectivity index (χ0) is 13.3. The van der Waals surface area contributed by atoms with Gasteiger partial charge in [0.05, 0.1) is 4.90 Å².